The lowest BCUT2D eigenvalue weighted by Gasteiger charge is -2.17. The van der Waals surface area contributed by atoms with Crippen LogP contribution in [0.3, 0.4) is 0 Å². The zero-order valence-electron chi connectivity index (χ0n) is 17.6. The van der Waals surface area contributed by atoms with Gasteiger partial charge in [-0.3, -0.25) is 9.59 Å². The molecule has 2 amide bonds. The largest absolute Gasteiger partial charge is 0.497 e. The molecule has 8 nitrogen and oxygen atoms in total. The number of rotatable bonds is 9. The van der Waals surface area contributed by atoms with E-state index in [2.05, 4.69) is 10.0 Å². The van der Waals surface area contributed by atoms with E-state index in [1.54, 1.807) is 49.4 Å². The highest BCUT2D eigenvalue weighted by Gasteiger charge is 2.18. The standard InChI is InChI=1S/C21H27N3O5S/c1-15-8-9-19(16(2)12-15)30(27,28)22-11-10-21(26)24(3)14-20(25)23-17-6-5-7-18(13-17)29-4/h5-9,12-13,22H,10-11,14H2,1-4H3,(H,23,25). The number of anilines is 1. The Morgan fingerprint density at radius 1 is 1.10 bits per heavy atom. The zero-order valence-corrected chi connectivity index (χ0v) is 18.4. The van der Waals surface area contributed by atoms with Crippen LogP contribution in [0.2, 0.25) is 0 Å². The Morgan fingerprint density at radius 2 is 1.83 bits per heavy atom. The predicted octanol–water partition coefficient (Wildman–Crippen LogP) is 2.08. The van der Waals surface area contributed by atoms with Crippen molar-refractivity contribution in [2.75, 3.05) is 32.6 Å². The number of carbonyl (C=O) groups is 2. The highest BCUT2D eigenvalue weighted by molar-refractivity contribution is 7.89. The Labute approximate surface area is 177 Å². The van der Waals surface area contributed by atoms with Crippen molar-refractivity contribution in [3.05, 3.63) is 53.6 Å². The van der Waals surface area contributed by atoms with Gasteiger partial charge < -0.3 is 15.0 Å². The van der Waals surface area contributed by atoms with Crippen molar-refractivity contribution < 1.29 is 22.7 Å². The molecule has 0 bridgehead atoms. The van der Waals surface area contributed by atoms with Crippen molar-refractivity contribution >= 4 is 27.5 Å². The summed E-state index contributed by atoms with van der Waals surface area (Å²) in [5.41, 5.74) is 2.16. The molecule has 9 heteroatoms. The van der Waals surface area contributed by atoms with Crippen molar-refractivity contribution in [1.29, 1.82) is 0 Å². The summed E-state index contributed by atoms with van der Waals surface area (Å²) >= 11 is 0. The summed E-state index contributed by atoms with van der Waals surface area (Å²) < 4.78 is 32.4. The summed E-state index contributed by atoms with van der Waals surface area (Å²) in [5.74, 6) is -0.109. The first kappa shape index (κ1) is 23.4. The first-order valence-electron chi connectivity index (χ1n) is 9.37. The summed E-state index contributed by atoms with van der Waals surface area (Å²) in [6, 6.07) is 11.9. The van der Waals surface area contributed by atoms with E-state index in [0.29, 0.717) is 17.0 Å². The Bertz CT molecular complexity index is 1020. The molecule has 0 aliphatic heterocycles. The van der Waals surface area contributed by atoms with E-state index in [4.69, 9.17) is 4.74 Å². The number of benzene rings is 2. The van der Waals surface area contributed by atoms with E-state index < -0.39 is 10.0 Å². The molecule has 2 aromatic carbocycles. The van der Waals surface area contributed by atoms with Gasteiger partial charge in [0.25, 0.3) is 0 Å². The molecule has 0 atom stereocenters. The number of methoxy groups -OCH3 is 1. The fraction of sp³-hybridized carbons (Fsp3) is 0.333. The lowest BCUT2D eigenvalue weighted by Crippen LogP contribution is -2.37. The molecule has 0 aliphatic rings. The molecule has 0 saturated heterocycles. The van der Waals surface area contributed by atoms with Crippen LogP contribution in [0, 0.1) is 13.8 Å². The lowest BCUT2D eigenvalue weighted by atomic mass is 10.2. The summed E-state index contributed by atoms with van der Waals surface area (Å²) in [6.07, 6.45) is -0.0624. The van der Waals surface area contributed by atoms with Gasteiger partial charge in [0.05, 0.1) is 18.6 Å². The van der Waals surface area contributed by atoms with Crippen LogP contribution in [0.25, 0.3) is 0 Å². The van der Waals surface area contributed by atoms with Crippen LogP contribution in [-0.4, -0.2) is 52.4 Å². The summed E-state index contributed by atoms with van der Waals surface area (Å²) in [5, 5.41) is 2.69. The SMILES string of the molecule is COc1cccc(NC(=O)CN(C)C(=O)CCNS(=O)(=O)c2ccc(C)cc2C)c1. The van der Waals surface area contributed by atoms with Gasteiger partial charge in [-0.15, -0.1) is 0 Å². The summed E-state index contributed by atoms with van der Waals surface area (Å²) in [6.45, 7) is 3.40. The third-order valence-electron chi connectivity index (χ3n) is 4.41. The number of aryl methyl sites for hydroxylation is 2. The maximum Gasteiger partial charge on any atom is 0.243 e. The van der Waals surface area contributed by atoms with E-state index in [-0.39, 0.29) is 36.2 Å². The number of nitrogens with zero attached hydrogens (tertiary/aromatic N) is 1. The molecule has 0 aromatic heterocycles. The molecule has 2 N–H and O–H groups in total. The molecule has 0 spiro atoms. The molecule has 0 unspecified atom stereocenters. The fourth-order valence-corrected chi connectivity index (χ4v) is 4.12. The molecular formula is C21H27N3O5S. The normalized spacial score (nSPS) is 11.1. The topological polar surface area (TPSA) is 105 Å². The Balaban J connectivity index is 1.84. The van der Waals surface area contributed by atoms with Gasteiger partial charge in [0.2, 0.25) is 21.8 Å². The van der Waals surface area contributed by atoms with Crippen LogP contribution in [0.4, 0.5) is 5.69 Å². The van der Waals surface area contributed by atoms with Crippen LogP contribution in [0.1, 0.15) is 17.5 Å². The molecule has 0 saturated carbocycles. The number of hydrogen-bond donors (Lipinski definition) is 2. The van der Waals surface area contributed by atoms with Gasteiger partial charge >= 0.3 is 0 Å². The molecule has 30 heavy (non-hydrogen) atoms. The third kappa shape index (κ3) is 6.57. The molecule has 0 aliphatic carbocycles. The van der Waals surface area contributed by atoms with Crippen LogP contribution >= 0.6 is 0 Å². The van der Waals surface area contributed by atoms with Crippen LogP contribution in [0.15, 0.2) is 47.4 Å². The summed E-state index contributed by atoms with van der Waals surface area (Å²) in [4.78, 5) is 25.8. The van der Waals surface area contributed by atoms with Crippen molar-refractivity contribution in [1.82, 2.24) is 9.62 Å². The maximum absolute atomic E-state index is 12.4. The van der Waals surface area contributed by atoms with E-state index in [0.717, 1.165) is 5.56 Å². The van der Waals surface area contributed by atoms with Crippen molar-refractivity contribution in [3.8, 4) is 5.75 Å². The molecule has 0 radical (unpaired) electrons. The van der Waals surface area contributed by atoms with Crippen LogP contribution < -0.4 is 14.8 Å². The van der Waals surface area contributed by atoms with Gasteiger partial charge in [-0.05, 0) is 37.6 Å². The van der Waals surface area contributed by atoms with E-state index in [1.807, 2.05) is 6.92 Å². The minimum absolute atomic E-state index is 0.0592. The number of carbonyl (C=O) groups excluding carboxylic acids is 2. The van der Waals surface area contributed by atoms with Crippen molar-refractivity contribution in [3.63, 3.8) is 0 Å². The van der Waals surface area contributed by atoms with E-state index in [1.165, 1.54) is 19.1 Å². The second kappa shape index (κ2) is 10.2. The van der Waals surface area contributed by atoms with Gasteiger partial charge in [-0.1, -0.05) is 23.8 Å². The molecule has 162 valence electrons. The first-order chi connectivity index (χ1) is 14.1. The van der Waals surface area contributed by atoms with Crippen molar-refractivity contribution in [2.24, 2.45) is 0 Å². The Hall–Kier alpha value is -2.91. The number of sulfonamides is 1. The minimum Gasteiger partial charge on any atom is -0.497 e. The average molecular weight is 434 g/mol. The smallest absolute Gasteiger partial charge is 0.243 e. The maximum atomic E-state index is 12.4. The number of ether oxygens (including phenoxy) is 1. The second-order valence-electron chi connectivity index (χ2n) is 6.95. The van der Waals surface area contributed by atoms with Crippen LogP contribution in [0.5, 0.6) is 5.75 Å². The van der Waals surface area contributed by atoms with Gasteiger partial charge in [-0.25, -0.2) is 13.1 Å². The Kier molecular flexibility index (Phi) is 7.96. The van der Waals surface area contributed by atoms with Crippen LogP contribution in [-0.2, 0) is 19.6 Å². The quantitative estimate of drug-likeness (QED) is 0.630. The number of nitrogens with one attached hydrogen (secondary N) is 2. The molecule has 2 rings (SSSR count). The zero-order chi connectivity index (χ0) is 22.3. The molecule has 0 fully saturated rings. The van der Waals surface area contributed by atoms with E-state index >= 15 is 0 Å². The number of hydrogen-bond acceptors (Lipinski definition) is 5. The molecular weight excluding hydrogens is 406 g/mol. The molecule has 2 aromatic rings. The van der Waals surface area contributed by atoms with Gasteiger partial charge in [-0.2, -0.15) is 0 Å². The number of likely N-dealkylation sites (N-methyl/N-ethyl adjacent to an activating group) is 1. The minimum atomic E-state index is -3.71. The van der Waals surface area contributed by atoms with Gasteiger partial charge in [0, 0.05) is 31.8 Å². The predicted molar refractivity (Wildman–Crippen MR) is 115 cm³/mol. The third-order valence-corrected chi connectivity index (χ3v) is 6.03. The summed E-state index contributed by atoms with van der Waals surface area (Å²) in [7, 11) is -0.690. The molecule has 0 heterocycles. The number of amides is 2. The first-order valence-corrected chi connectivity index (χ1v) is 10.9. The average Bonchev–Trinajstić information content (AvgIpc) is 2.67. The highest BCUT2D eigenvalue weighted by atomic mass is 32.2. The second-order valence-corrected chi connectivity index (χ2v) is 8.68. The van der Waals surface area contributed by atoms with Gasteiger partial charge in [0.1, 0.15) is 5.75 Å². The lowest BCUT2D eigenvalue weighted by molar-refractivity contribution is -0.133. The Morgan fingerprint density at radius 3 is 2.50 bits per heavy atom. The highest BCUT2D eigenvalue weighted by Crippen LogP contribution is 2.17. The van der Waals surface area contributed by atoms with Crippen molar-refractivity contribution in [2.45, 2.75) is 25.2 Å². The monoisotopic (exact) mass is 433 g/mol. The van der Waals surface area contributed by atoms with Gasteiger partial charge in [0.15, 0.2) is 0 Å². The fourth-order valence-electron chi connectivity index (χ4n) is 2.87. The van der Waals surface area contributed by atoms with E-state index in [9.17, 15) is 18.0 Å².